The number of nitrogens with one attached hydrogen (secondary N) is 1. The number of ether oxygens (including phenoxy) is 1. The number of hydrogen-bond acceptors (Lipinski definition) is 3. The standard InChI is InChI=1S/C14H12BrNO3/c15-11-6-7-12(13(17)8-11)16-14(18)19-9-10-4-2-1-3-5-10/h1-8,17H,9H2,(H,16,18). The molecule has 2 rings (SSSR count). The fourth-order valence-electron chi connectivity index (χ4n) is 1.48. The summed E-state index contributed by atoms with van der Waals surface area (Å²) in [6.45, 7) is 0.184. The van der Waals surface area contributed by atoms with Crippen LogP contribution in [0, 0.1) is 0 Å². The van der Waals surface area contributed by atoms with Gasteiger partial charge in [-0.05, 0) is 23.8 Å². The molecule has 0 aliphatic heterocycles. The highest BCUT2D eigenvalue weighted by Gasteiger charge is 2.07. The maximum atomic E-state index is 11.6. The van der Waals surface area contributed by atoms with E-state index in [1.807, 2.05) is 30.3 Å². The van der Waals surface area contributed by atoms with E-state index < -0.39 is 6.09 Å². The van der Waals surface area contributed by atoms with Gasteiger partial charge in [-0.25, -0.2) is 4.79 Å². The second kappa shape index (κ2) is 6.24. The highest BCUT2D eigenvalue weighted by Crippen LogP contribution is 2.26. The number of benzene rings is 2. The quantitative estimate of drug-likeness (QED) is 0.843. The van der Waals surface area contributed by atoms with E-state index in [1.165, 1.54) is 6.07 Å². The lowest BCUT2D eigenvalue weighted by Gasteiger charge is -2.08. The summed E-state index contributed by atoms with van der Waals surface area (Å²) in [4.78, 5) is 11.6. The van der Waals surface area contributed by atoms with Crippen LogP contribution in [0.4, 0.5) is 10.5 Å². The maximum absolute atomic E-state index is 11.6. The van der Waals surface area contributed by atoms with E-state index in [0.29, 0.717) is 5.69 Å². The second-order valence-electron chi connectivity index (χ2n) is 3.85. The third-order valence-electron chi connectivity index (χ3n) is 2.41. The molecule has 0 atom stereocenters. The van der Waals surface area contributed by atoms with E-state index in [-0.39, 0.29) is 12.4 Å². The molecule has 5 heteroatoms. The fourth-order valence-corrected chi connectivity index (χ4v) is 1.83. The molecule has 2 aromatic carbocycles. The summed E-state index contributed by atoms with van der Waals surface area (Å²) in [7, 11) is 0. The Morgan fingerprint density at radius 3 is 2.63 bits per heavy atom. The zero-order chi connectivity index (χ0) is 13.7. The van der Waals surface area contributed by atoms with Crippen LogP contribution < -0.4 is 5.32 Å². The van der Waals surface area contributed by atoms with Crippen molar-refractivity contribution < 1.29 is 14.6 Å². The van der Waals surface area contributed by atoms with E-state index in [0.717, 1.165) is 10.0 Å². The van der Waals surface area contributed by atoms with Crippen molar-refractivity contribution in [2.24, 2.45) is 0 Å². The van der Waals surface area contributed by atoms with Gasteiger partial charge in [0.2, 0.25) is 0 Å². The SMILES string of the molecule is O=C(Nc1ccc(Br)cc1O)OCc1ccccc1. The predicted molar refractivity (Wildman–Crippen MR) is 76.1 cm³/mol. The first-order chi connectivity index (χ1) is 9.15. The molecule has 0 saturated carbocycles. The van der Waals surface area contributed by atoms with Crippen molar-refractivity contribution in [1.82, 2.24) is 0 Å². The molecule has 0 aliphatic carbocycles. The minimum absolute atomic E-state index is 0.0222. The minimum Gasteiger partial charge on any atom is -0.506 e. The second-order valence-corrected chi connectivity index (χ2v) is 4.76. The number of amides is 1. The lowest BCUT2D eigenvalue weighted by molar-refractivity contribution is 0.155. The highest BCUT2D eigenvalue weighted by atomic mass is 79.9. The number of phenolic OH excluding ortho intramolecular Hbond substituents is 1. The topological polar surface area (TPSA) is 58.6 Å². The van der Waals surface area contributed by atoms with Gasteiger partial charge in [0.25, 0.3) is 0 Å². The first-order valence-corrected chi connectivity index (χ1v) is 6.40. The Bertz CT molecular complexity index is 572. The lowest BCUT2D eigenvalue weighted by Crippen LogP contribution is -2.13. The van der Waals surface area contributed by atoms with Crippen LogP contribution in [0.3, 0.4) is 0 Å². The van der Waals surface area contributed by atoms with Crippen molar-refractivity contribution in [3.63, 3.8) is 0 Å². The van der Waals surface area contributed by atoms with Gasteiger partial charge < -0.3 is 9.84 Å². The van der Waals surface area contributed by atoms with Gasteiger partial charge in [0.05, 0.1) is 5.69 Å². The number of phenols is 1. The first-order valence-electron chi connectivity index (χ1n) is 5.61. The smallest absolute Gasteiger partial charge is 0.412 e. The molecule has 0 saturated heterocycles. The molecule has 98 valence electrons. The molecule has 19 heavy (non-hydrogen) atoms. The average Bonchev–Trinajstić information content (AvgIpc) is 2.41. The Hall–Kier alpha value is -2.01. The van der Waals surface area contributed by atoms with Crippen LogP contribution in [-0.4, -0.2) is 11.2 Å². The van der Waals surface area contributed by atoms with E-state index in [2.05, 4.69) is 21.2 Å². The van der Waals surface area contributed by atoms with Crippen molar-refractivity contribution in [2.75, 3.05) is 5.32 Å². The van der Waals surface area contributed by atoms with Gasteiger partial charge in [0, 0.05) is 4.47 Å². The van der Waals surface area contributed by atoms with Gasteiger partial charge in [0.1, 0.15) is 12.4 Å². The Morgan fingerprint density at radius 2 is 1.95 bits per heavy atom. The van der Waals surface area contributed by atoms with Crippen LogP contribution in [0.25, 0.3) is 0 Å². The summed E-state index contributed by atoms with van der Waals surface area (Å²) in [5, 5.41) is 12.1. The van der Waals surface area contributed by atoms with Gasteiger partial charge in [-0.3, -0.25) is 5.32 Å². The molecule has 2 N–H and O–H groups in total. The number of anilines is 1. The molecule has 4 nitrogen and oxygen atoms in total. The van der Waals surface area contributed by atoms with Gasteiger partial charge in [0.15, 0.2) is 0 Å². The molecular weight excluding hydrogens is 310 g/mol. The van der Waals surface area contributed by atoms with Gasteiger partial charge in [-0.15, -0.1) is 0 Å². The van der Waals surface area contributed by atoms with Crippen molar-refractivity contribution in [3.05, 3.63) is 58.6 Å². The number of carbonyl (C=O) groups excluding carboxylic acids is 1. The van der Waals surface area contributed by atoms with E-state index >= 15 is 0 Å². The monoisotopic (exact) mass is 321 g/mol. The average molecular weight is 322 g/mol. The van der Waals surface area contributed by atoms with Crippen LogP contribution in [0.1, 0.15) is 5.56 Å². The molecule has 0 spiro atoms. The van der Waals surface area contributed by atoms with Gasteiger partial charge in [-0.1, -0.05) is 46.3 Å². The third-order valence-corrected chi connectivity index (χ3v) is 2.90. The number of halogens is 1. The molecule has 0 aromatic heterocycles. The predicted octanol–water partition coefficient (Wildman–Crippen LogP) is 3.90. The molecule has 0 unspecified atom stereocenters. The Labute approximate surface area is 119 Å². The van der Waals surface area contributed by atoms with Crippen molar-refractivity contribution in [2.45, 2.75) is 6.61 Å². The van der Waals surface area contributed by atoms with Gasteiger partial charge >= 0.3 is 6.09 Å². The Morgan fingerprint density at radius 1 is 1.21 bits per heavy atom. The third kappa shape index (κ3) is 3.99. The zero-order valence-electron chi connectivity index (χ0n) is 9.97. The summed E-state index contributed by atoms with van der Waals surface area (Å²) < 4.78 is 5.77. The largest absolute Gasteiger partial charge is 0.506 e. The minimum atomic E-state index is -0.610. The maximum Gasteiger partial charge on any atom is 0.412 e. The lowest BCUT2D eigenvalue weighted by atomic mass is 10.2. The molecule has 2 aromatic rings. The summed E-state index contributed by atoms with van der Waals surface area (Å²) in [6.07, 6.45) is -0.610. The molecule has 0 heterocycles. The van der Waals surface area contributed by atoms with Gasteiger partial charge in [-0.2, -0.15) is 0 Å². The molecule has 0 bridgehead atoms. The van der Waals surface area contributed by atoms with Crippen LogP contribution >= 0.6 is 15.9 Å². The van der Waals surface area contributed by atoms with Crippen LogP contribution in [0.15, 0.2) is 53.0 Å². The summed E-state index contributed by atoms with van der Waals surface area (Å²) in [5.74, 6) is -0.0222. The normalized spacial score (nSPS) is 9.95. The van der Waals surface area contributed by atoms with Crippen molar-refractivity contribution >= 4 is 27.7 Å². The molecule has 0 aliphatic rings. The molecule has 0 fully saturated rings. The molecular formula is C14H12BrNO3. The molecule has 0 radical (unpaired) electrons. The van der Waals surface area contributed by atoms with E-state index in [9.17, 15) is 9.90 Å². The van der Waals surface area contributed by atoms with Crippen LogP contribution in [-0.2, 0) is 11.3 Å². The Kier molecular flexibility index (Phi) is 4.41. The summed E-state index contributed by atoms with van der Waals surface area (Å²) in [5.41, 5.74) is 1.21. The summed E-state index contributed by atoms with van der Waals surface area (Å²) >= 11 is 3.22. The first kappa shape index (κ1) is 13.4. The Balaban J connectivity index is 1.91. The van der Waals surface area contributed by atoms with E-state index in [1.54, 1.807) is 12.1 Å². The van der Waals surface area contributed by atoms with Crippen LogP contribution in [0.2, 0.25) is 0 Å². The zero-order valence-corrected chi connectivity index (χ0v) is 11.6. The number of aromatic hydroxyl groups is 1. The van der Waals surface area contributed by atoms with E-state index in [4.69, 9.17) is 4.74 Å². The number of hydrogen-bond donors (Lipinski definition) is 2. The number of rotatable bonds is 3. The summed E-state index contributed by atoms with van der Waals surface area (Å²) in [6, 6.07) is 14.2. The van der Waals surface area contributed by atoms with Crippen LogP contribution in [0.5, 0.6) is 5.75 Å². The van der Waals surface area contributed by atoms with Crippen molar-refractivity contribution in [1.29, 1.82) is 0 Å². The fraction of sp³-hybridized carbons (Fsp3) is 0.0714. The highest BCUT2D eigenvalue weighted by molar-refractivity contribution is 9.10. The number of carbonyl (C=O) groups is 1. The molecule has 1 amide bonds. The van der Waals surface area contributed by atoms with Crippen molar-refractivity contribution in [3.8, 4) is 5.75 Å².